The van der Waals surface area contributed by atoms with Crippen molar-refractivity contribution in [1.29, 1.82) is 0 Å². The average molecular weight is 426 g/mol. The minimum Gasteiger partial charge on any atom is -0.455 e. The molecule has 1 aliphatic carbocycles. The number of anilines is 1. The fourth-order valence-corrected chi connectivity index (χ4v) is 4.21. The zero-order valence-electron chi connectivity index (χ0n) is 15.8. The normalized spacial score (nSPS) is 13.6. The first-order valence-electron chi connectivity index (χ1n) is 9.37. The van der Waals surface area contributed by atoms with E-state index < -0.39 is 26.6 Å². The van der Waals surface area contributed by atoms with Crippen LogP contribution in [0.2, 0.25) is 0 Å². The van der Waals surface area contributed by atoms with E-state index >= 15 is 0 Å². The Hall–Kier alpha value is -3.23. The van der Waals surface area contributed by atoms with Crippen molar-refractivity contribution in [3.8, 4) is 11.5 Å². The Bertz CT molecular complexity index is 1180. The lowest BCUT2D eigenvalue weighted by Crippen LogP contribution is -2.27. The number of halogens is 1. The molecule has 3 aromatic rings. The van der Waals surface area contributed by atoms with Crippen molar-refractivity contribution in [3.63, 3.8) is 0 Å². The summed E-state index contributed by atoms with van der Waals surface area (Å²) in [5, 5.41) is 2.70. The highest BCUT2D eigenvalue weighted by Gasteiger charge is 2.30. The second-order valence-corrected chi connectivity index (χ2v) is 8.59. The molecule has 30 heavy (non-hydrogen) atoms. The van der Waals surface area contributed by atoms with Crippen LogP contribution in [0.3, 0.4) is 0 Å². The van der Waals surface area contributed by atoms with Crippen molar-refractivity contribution in [1.82, 2.24) is 4.72 Å². The van der Waals surface area contributed by atoms with E-state index in [4.69, 9.17) is 4.74 Å². The summed E-state index contributed by atoms with van der Waals surface area (Å²) in [4.78, 5) is 12.2. The van der Waals surface area contributed by atoms with Crippen LogP contribution >= 0.6 is 0 Å². The van der Waals surface area contributed by atoms with Gasteiger partial charge >= 0.3 is 0 Å². The summed E-state index contributed by atoms with van der Waals surface area (Å²) in [6.07, 6.45) is 1.44. The molecule has 2 N–H and O–H groups in total. The number of hydrogen-bond donors (Lipinski definition) is 2. The SMILES string of the molecule is O=C(Nc1ccccc1Oc1ccccc1)c1ccc(F)c(S(=O)(=O)NC2CC2)c1. The zero-order chi connectivity index (χ0) is 21.1. The van der Waals surface area contributed by atoms with Gasteiger partial charge in [-0.05, 0) is 55.3 Å². The molecular weight excluding hydrogens is 407 g/mol. The Morgan fingerprint density at radius 2 is 1.67 bits per heavy atom. The maximum atomic E-state index is 14.2. The summed E-state index contributed by atoms with van der Waals surface area (Å²) in [7, 11) is -4.04. The van der Waals surface area contributed by atoms with Crippen LogP contribution in [-0.2, 0) is 10.0 Å². The standard InChI is InChI=1S/C22H19FN2O4S/c23-18-13-10-15(14-21(18)30(27,28)25-16-11-12-16)22(26)24-19-8-4-5-9-20(19)29-17-6-2-1-3-7-17/h1-10,13-14,16,25H,11-12H2,(H,24,26). The van der Waals surface area contributed by atoms with Gasteiger partial charge in [0.15, 0.2) is 5.75 Å². The Morgan fingerprint density at radius 3 is 2.40 bits per heavy atom. The molecule has 1 saturated carbocycles. The summed E-state index contributed by atoms with van der Waals surface area (Å²) in [6.45, 7) is 0. The van der Waals surface area contributed by atoms with Crippen LogP contribution in [0.1, 0.15) is 23.2 Å². The molecule has 154 valence electrons. The van der Waals surface area contributed by atoms with Crippen LogP contribution in [0.4, 0.5) is 10.1 Å². The van der Waals surface area contributed by atoms with Gasteiger partial charge in [-0.15, -0.1) is 0 Å². The quantitative estimate of drug-likeness (QED) is 0.590. The third-order valence-electron chi connectivity index (χ3n) is 4.49. The molecule has 0 aromatic heterocycles. The summed E-state index contributed by atoms with van der Waals surface area (Å²) < 4.78 is 47.2. The van der Waals surface area contributed by atoms with Crippen molar-refractivity contribution in [2.24, 2.45) is 0 Å². The largest absolute Gasteiger partial charge is 0.455 e. The third-order valence-corrected chi connectivity index (χ3v) is 6.02. The van der Waals surface area contributed by atoms with Gasteiger partial charge in [0, 0.05) is 11.6 Å². The van der Waals surface area contributed by atoms with Crippen LogP contribution in [0.15, 0.2) is 77.7 Å². The first kappa shape index (κ1) is 20.1. The molecule has 1 fully saturated rings. The fraction of sp³-hybridized carbons (Fsp3) is 0.136. The maximum absolute atomic E-state index is 14.2. The molecule has 6 nitrogen and oxygen atoms in total. The molecule has 0 bridgehead atoms. The predicted molar refractivity (Wildman–Crippen MR) is 111 cm³/mol. The molecule has 0 radical (unpaired) electrons. The number of para-hydroxylation sites is 3. The van der Waals surface area contributed by atoms with E-state index in [1.54, 1.807) is 36.4 Å². The third kappa shape index (κ3) is 4.67. The Kier molecular flexibility index (Phi) is 5.52. The van der Waals surface area contributed by atoms with Crippen molar-refractivity contribution >= 4 is 21.6 Å². The Morgan fingerprint density at radius 1 is 0.967 bits per heavy atom. The molecule has 3 aromatic carbocycles. The van der Waals surface area contributed by atoms with Crippen LogP contribution < -0.4 is 14.8 Å². The van der Waals surface area contributed by atoms with Gasteiger partial charge < -0.3 is 10.1 Å². The number of hydrogen-bond acceptors (Lipinski definition) is 4. The topological polar surface area (TPSA) is 84.5 Å². The van der Waals surface area contributed by atoms with E-state index in [-0.39, 0.29) is 11.6 Å². The lowest BCUT2D eigenvalue weighted by molar-refractivity contribution is 0.102. The molecule has 1 aliphatic rings. The zero-order valence-corrected chi connectivity index (χ0v) is 16.7. The number of sulfonamides is 1. The highest BCUT2D eigenvalue weighted by molar-refractivity contribution is 7.89. The number of amides is 1. The summed E-state index contributed by atoms with van der Waals surface area (Å²) in [5.74, 6) is -0.475. The lowest BCUT2D eigenvalue weighted by Gasteiger charge is -2.13. The number of rotatable bonds is 7. The molecule has 0 saturated heterocycles. The molecule has 8 heteroatoms. The van der Waals surface area contributed by atoms with Gasteiger partial charge in [-0.2, -0.15) is 0 Å². The van der Waals surface area contributed by atoms with Gasteiger partial charge in [0.05, 0.1) is 5.69 Å². The highest BCUT2D eigenvalue weighted by atomic mass is 32.2. The van der Waals surface area contributed by atoms with Gasteiger partial charge in [0.1, 0.15) is 16.5 Å². The minimum atomic E-state index is -4.04. The van der Waals surface area contributed by atoms with E-state index in [1.165, 1.54) is 6.07 Å². The fourth-order valence-electron chi connectivity index (χ4n) is 2.80. The molecule has 0 unspecified atom stereocenters. The van der Waals surface area contributed by atoms with Crippen LogP contribution in [0.25, 0.3) is 0 Å². The van der Waals surface area contributed by atoms with Gasteiger partial charge in [-0.1, -0.05) is 30.3 Å². The summed E-state index contributed by atoms with van der Waals surface area (Å²) in [5.41, 5.74) is 0.415. The summed E-state index contributed by atoms with van der Waals surface area (Å²) >= 11 is 0. The first-order valence-corrected chi connectivity index (χ1v) is 10.9. The van der Waals surface area contributed by atoms with E-state index in [0.29, 0.717) is 17.2 Å². The number of carbonyl (C=O) groups is 1. The highest BCUT2D eigenvalue weighted by Crippen LogP contribution is 2.30. The van der Waals surface area contributed by atoms with E-state index in [9.17, 15) is 17.6 Å². The van der Waals surface area contributed by atoms with Crippen LogP contribution in [0, 0.1) is 5.82 Å². The second-order valence-electron chi connectivity index (χ2n) is 6.91. The lowest BCUT2D eigenvalue weighted by atomic mass is 10.2. The van der Waals surface area contributed by atoms with E-state index in [0.717, 1.165) is 25.0 Å². The van der Waals surface area contributed by atoms with Gasteiger partial charge in [-0.3, -0.25) is 4.79 Å². The van der Waals surface area contributed by atoms with Crippen molar-refractivity contribution in [2.75, 3.05) is 5.32 Å². The molecule has 0 atom stereocenters. The van der Waals surface area contributed by atoms with Gasteiger partial charge in [0.2, 0.25) is 10.0 Å². The Labute approximate surface area is 173 Å². The molecule has 0 aliphatic heterocycles. The number of benzene rings is 3. The van der Waals surface area contributed by atoms with E-state index in [2.05, 4.69) is 10.0 Å². The van der Waals surface area contributed by atoms with Crippen molar-refractivity contribution in [3.05, 3.63) is 84.2 Å². The molecule has 4 rings (SSSR count). The smallest absolute Gasteiger partial charge is 0.255 e. The Balaban J connectivity index is 1.57. The number of nitrogens with one attached hydrogen (secondary N) is 2. The predicted octanol–water partition coefficient (Wildman–Crippen LogP) is 4.31. The molecule has 0 spiro atoms. The summed E-state index contributed by atoms with van der Waals surface area (Å²) in [6, 6.07) is 19.0. The minimum absolute atomic E-state index is 0.0158. The molecular formula is C22H19FN2O4S. The first-order chi connectivity index (χ1) is 14.4. The number of carbonyl (C=O) groups excluding carboxylic acids is 1. The average Bonchev–Trinajstić information content (AvgIpc) is 3.53. The molecule has 0 heterocycles. The second kappa shape index (κ2) is 8.25. The van der Waals surface area contributed by atoms with Gasteiger partial charge in [0.25, 0.3) is 5.91 Å². The van der Waals surface area contributed by atoms with Crippen molar-refractivity contribution < 1.29 is 22.3 Å². The van der Waals surface area contributed by atoms with Crippen LogP contribution in [-0.4, -0.2) is 20.4 Å². The monoisotopic (exact) mass is 426 g/mol. The van der Waals surface area contributed by atoms with Gasteiger partial charge in [-0.25, -0.2) is 17.5 Å². The van der Waals surface area contributed by atoms with E-state index in [1.807, 2.05) is 18.2 Å². The van der Waals surface area contributed by atoms with Crippen molar-refractivity contribution in [2.45, 2.75) is 23.8 Å². The number of ether oxygens (including phenoxy) is 1. The molecule has 1 amide bonds. The van der Waals surface area contributed by atoms with Crippen LogP contribution in [0.5, 0.6) is 11.5 Å². The maximum Gasteiger partial charge on any atom is 0.255 e.